The number of carboxylic acids is 1. The molecule has 4 N–H and O–H groups in total. The lowest BCUT2D eigenvalue weighted by atomic mass is 9.43. The lowest BCUT2D eigenvalue weighted by Crippen LogP contribution is -2.65. The van der Waals surface area contributed by atoms with Crippen LogP contribution in [0.1, 0.15) is 46.5 Å². The summed E-state index contributed by atoms with van der Waals surface area (Å²) in [7, 11) is -2.71. The summed E-state index contributed by atoms with van der Waals surface area (Å²) in [4.78, 5) is 11.8. The highest BCUT2D eigenvalue weighted by molar-refractivity contribution is 7.87. The third-order valence-corrected chi connectivity index (χ3v) is 10.1. The van der Waals surface area contributed by atoms with Gasteiger partial charge in [-0.1, -0.05) is 20.3 Å². The number of aliphatic carboxylic acids is 1. The largest absolute Gasteiger partial charge is 0.480 e. The predicted octanol–water partition coefficient (Wildman–Crippen LogP) is 0.673. The van der Waals surface area contributed by atoms with E-state index >= 15 is 0 Å². The summed E-state index contributed by atoms with van der Waals surface area (Å²) >= 11 is 0. The van der Waals surface area contributed by atoms with Gasteiger partial charge in [0.25, 0.3) is 10.2 Å². The van der Waals surface area contributed by atoms with E-state index in [1.807, 2.05) is 0 Å². The molecule has 0 aromatic carbocycles. The maximum Gasteiger partial charge on any atom is 0.457 e. The van der Waals surface area contributed by atoms with Gasteiger partial charge in [-0.3, -0.25) is 4.79 Å². The fraction of sp³-hybridized carbons (Fsp3) is 0.947. The van der Waals surface area contributed by atoms with Crippen LogP contribution in [0.5, 0.6) is 0 Å². The van der Waals surface area contributed by atoms with Gasteiger partial charge < -0.3 is 20.1 Å². The number of nitrogens with one attached hydrogen (secondary N) is 1. The fourth-order valence-corrected chi connectivity index (χ4v) is 7.42. The maximum atomic E-state index is 12.1. The van der Waals surface area contributed by atoms with Crippen LogP contribution in [-0.2, 0) is 24.3 Å². The molecule has 0 spiro atoms. The summed E-state index contributed by atoms with van der Waals surface area (Å²) in [5, 5.41) is 9.65. The van der Waals surface area contributed by atoms with E-state index in [0.29, 0.717) is 31.0 Å². The molecule has 2 saturated heterocycles. The third kappa shape index (κ3) is 3.24. The molecule has 2 bridgehead atoms. The van der Waals surface area contributed by atoms with Crippen molar-refractivity contribution in [2.45, 2.75) is 70.0 Å². The molecular formula is C19H34BN3O6S. The van der Waals surface area contributed by atoms with Crippen molar-refractivity contribution < 1.29 is 27.6 Å². The van der Waals surface area contributed by atoms with Crippen LogP contribution in [0.4, 0.5) is 0 Å². The summed E-state index contributed by atoms with van der Waals surface area (Å²) in [5.74, 6) is -0.452. The molecule has 5 aliphatic rings. The second kappa shape index (κ2) is 7.15. The Morgan fingerprint density at radius 1 is 1.33 bits per heavy atom. The monoisotopic (exact) mass is 443 g/mol. The zero-order chi connectivity index (χ0) is 22.1. The van der Waals surface area contributed by atoms with Crippen LogP contribution in [0.15, 0.2) is 0 Å². The Labute approximate surface area is 179 Å². The second-order valence-corrected chi connectivity index (χ2v) is 12.2. The lowest BCUT2D eigenvalue weighted by molar-refractivity contribution is -0.199. The smallest absolute Gasteiger partial charge is 0.457 e. The number of carbonyl (C=O) groups is 1. The van der Waals surface area contributed by atoms with E-state index in [4.69, 9.17) is 15.0 Å². The van der Waals surface area contributed by atoms with E-state index in [0.717, 1.165) is 10.7 Å². The molecule has 0 unspecified atom stereocenters. The van der Waals surface area contributed by atoms with Gasteiger partial charge in [-0.25, -0.2) is 4.72 Å². The van der Waals surface area contributed by atoms with Gasteiger partial charge >= 0.3 is 13.1 Å². The number of hydrogen-bond donors (Lipinski definition) is 3. The molecule has 3 saturated carbocycles. The molecule has 0 aromatic heterocycles. The van der Waals surface area contributed by atoms with Crippen molar-refractivity contribution in [2.24, 2.45) is 28.9 Å². The minimum absolute atomic E-state index is 0.0939. The number of nitrogens with zero attached hydrogens (tertiary/aromatic N) is 1. The summed E-state index contributed by atoms with van der Waals surface area (Å²) in [6.45, 7) is 6.68. The van der Waals surface area contributed by atoms with Gasteiger partial charge in [0, 0.05) is 26.1 Å². The first-order chi connectivity index (χ1) is 13.8. The molecule has 3 aliphatic carbocycles. The Balaban J connectivity index is 1.36. The number of carboxylic acid groups (broad SMARTS) is 1. The van der Waals surface area contributed by atoms with E-state index in [9.17, 15) is 18.3 Å². The highest BCUT2D eigenvalue weighted by Crippen LogP contribution is 2.65. The Bertz CT molecular complexity index is 825. The van der Waals surface area contributed by atoms with Gasteiger partial charge in [-0.15, -0.1) is 0 Å². The zero-order valence-electron chi connectivity index (χ0n) is 18.3. The van der Waals surface area contributed by atoms with Crippen molar-refractivity contribution in [1.82, 2.24) is 9.03 Å². The minimum Gasteiger partial charge on any atom is -0.480 e. The van der Waals surface area contributed by atoms with E-state index in [-0.39, 0.29) is 37.3 Å². The van der Waals surface area contributed by atoms with Crippen molar-refractivity contribution in [3.63, 3.8) is 0 Å². The van der Waals surface area contributed by atoms with Crippen LogP contribution >= 0.6 is 0 Å². The molecular weight excluding hydrogens is 409 g/mol. The standard InChI is InChI=1S/C19H34BN3O6S/c1-17(2)13-8-14(17)18(3)15(9-13)28-20(29-18)7-5-6-12-10-23(30(26,27)22-4)11-19(12,21)16(24)25/h12-15,22H,5-11,21H2,1-4H3,(H,24,25)/t12-,13+,14+,15-,18+,19-/m0/s1. The molecule has 11 heteroatoms. The molecule has 0 aromatic rings. The first kappa shape index (κ1) is 22.5. The van der Waals surface area contributed by atoms with Gasteiger partial charge in [0.15, 0.2) is 0 Å². The molecule has 5 fully saturated rings. The van der Waals surface area contributed by atoms with Crippen molar-refractivity contribution >= 4 is 23.3 Å². The summed E-state index contributed by atoms with van der Waals surface area (Å²) in [5.41, 5.74) is 4.60. The lowest BCUT2D eigenvalue weighted by Gasteiger charge is -2.64. The summed E-state index contributed by atoms with van der Waals surface area (Å²) in [6.07, 6.45) is 4.16. The van der Waals surface area contributed by atoms with Crippen molar-refractivity contribution in [3.05, 3.63) is 0 Å². The van der Waals surface area contributed by atoms with Crippen molar-refractivity contribution in [2.75, 3.05) is 20.1 Å². The second-order valence-electron chi connectivity index (χ2n) is 10.4. The first-order valence-electron chi connectivity index (χ1n) is 10.9. The maximum absolute atomic E-state index is 12.1. The highest BCUT2D eigenvalue weighted by atomic mass is 32.2. The van der Waals surface area contributed by atoms with Crippen LogP contribution in [0.25, 0.3) is 0 Å². The molecule has 2 aliphatic heterocycles. The summed E-state index contributed by atoms with van der Waals surface area (Å²) in [6, 6.07) is 0. The molecule has 30 heavy (non-hydrogen) atoms. The van der Waals surface area contributed by atoms with Gasteiger partial charge in [0.2, 0.25) is 0 Å². The third-order valence-electron chi connectivity index (χ3n) is 8.58. The number of rotatable bonds is 7. The van der Waals surface area contributed by atoms with Gasteiger partial charge in [0.1, 0.15) is 5.54 Å². The summed E-state index contributed by atoms with van der Waals surface area (Å²) < 4.78 is 40.3. The van der Waals surface area contributed by atoms with Crippen molar-refractivity contribution in [1.29, 1.82) is 0 Å². The van der Waals surface area contributed by atoms with Crippen LogP contribution in [-0.4, -0.2) is 68.3 Å². The average Bonchev–Trinajstić information content (AvgIpc) is 3.19. The first-order valence-corrected chi connectivity index (χ1v) is 12.3. The van der Waals surface area contributed by atoms with Gasteiger partial charge in [-0.05, 0) is 49.8 Å². The van der Waals surface area contributed by atoms with E-state index in [1.165, 1.54) is 13.5 Å². The molecule has 5 rings (SSSR count). The molecule has 170 valence electrons. The van der Waals surface area contributed by atoms with Crippen molar-refractivity contribution in [3.8, 4) is 0 Å². The normalized spacial score (nSPS) is 42.8. The molecule has 9 nitrogen and oxygen atoms in total. The topological polar surface area (TPSA) is 131 Å². The molecule has 0 radical (unpaired) electrons. The Morgan fingerprint density at radius 3 is 2.63 bits per heavy atom. The highest BCUT2D eigenvalue weighted by Gasteiger charge is 2.67. The van der Waals surface area contributed by atoms with Crippen LogP contribution in [0.3, 0.4) is 0 Å². The van der Waals surface area contributed by atoms with Crippen LogP contribution in [0.2, 0.25) is 6.32 Å². The van der Waals surface area contributed by atoms with E-state index in [2.05, 4.69) is 25.5 Å². The Kier molecular flexibility index (Phi) is 5.35. The Hall–Kier alpha value is -0.715. The number of nitrogens with two attached hydrogens (primary N) is 1. The van der Waals surface area contributed by atoms with Gasteiger partial charge in [-0.2, -0.15) is 12.7 Å². The quantitative estimate of drug-likeness (QED) is 0.493. The zero-order valence-corrected chi connectivity index (χ0v) is 19.1. The van der Waals surface area contributed by atoms with Crippen LogP contribution in [0, 0.1) is 23.2 Å². The SMILES string of the molecule is CNS(=O)(=O)N1C[C@H](CCCB2O[C@H]3C[C@H]4C[C@H](C4(C)C)[C@@]3(C)O2)[C@](N)(C(=O)O)C1. The number of hydrogen-bond acceptors (Lipinski definition) is 6. The fourth-order valence-electron chi connectivity index (χ4n) is 6.40. The van der Waals surface area contributed by atoms with E-state index in [1.54, 1.807) is 0 Å². The Morgan fingerprint density at radius 2 is 2.03 bits per heavy atom. The van der Waals surface area contributed by atoms with Gasteiger partial charge in [0.05, 0.1) is 11.7 Å². The molecule has 2 heterocycles. The van der Waals surface area contributed by atoms with Crippen LogP contribution < -0.4 is 10.5 Å². The average molecular weight is 443 g/mol. The molecule has 6 atom stereocenters. The molecule has 0 amide bonds. The van der Waals surface area contributed by atoms with E-state index < -0.39 is 27.6 Å². The predicted molar refractivity (Wildman–Crippen MR) is 112 cm³/mol. The minimum atomic E-state index is -3.72.